The Morgan fingerprint density at radius 3 is 2.60 bits per heavy atom. The molecule has 1 saturated carbocycles. The van der Waals surface area contributed by atoms with E-state index in [1.165, 1.54) is 51.6 Å². The van der Waals surface area contributed by atoms with Crippen molar-refractivity contribution in [2.24, 2.45) is 16.8 Å². The van der Waals surface area contributed by atoms with Crippen molar-refractivity contribution in [2.75, 3.05) is 33.7 Å². The third-order valence-corrected chi connectivity index (χ3v) is 4.86. The SMILES string of the molecule is CN=C(NCC1CCCN(C)C1)NC1CCC(C)CC1. The van der Waals surface area contributed by atoms with Gasteiger partial charge < -0.3 is 15.5 Å². The molecule has 2 aliphatic rings. The van der Waals surface area contributed by atoms with Gasteiger partial charge in [0, 0.05) is 26.2 Å². The average Bonchev–Trinajstić information content (AvgIpc) is 2.45. The van der Waals surface area contributed by atoms with Crippen molar-refractivity contribution >= 4 is 5.96 Å². The molecule has 1 heterocycles. The van der Waals surface area contributed by atoms with E-state index in [1.807, 2.05) is 7.05 Å². The van der Waals surface area contributed by atoms with Crippen LogP contribution in [0.3, 0.4) is 0 Å². The van der Waals surface area contributed by atoms with Crippen molar-refractivity contribution in [2.45, 2.75) is 51.5 Å². The Labute approximate surface area is 124 Å². The molecule has 1 aliphatic heterocycles. The average molecular weight is 280 g/mol. The van der Waals surface area contributed by atoms with E-state index in [4.69, 9.17) is 0 Å². The zero-order chi connectivity index (χ0) is 14.4. The minimum atomic E-state index is 0.617. The van der Waals surface area contributed by atoms with Gasteiger partial charge in [0.2, 0.25) is 0 Å². The number of rotatable bonds is 3. The number of hydrogen-bond acceptors (Lipinski definition) is 2. The predicted molar refractivity (Wildman–Crippen MR) is 86.1 cm³/mol. The molecular weight excluding hydrogens is 248 g/mol. The fraction of sp³-hybridized carbons (Fsp3) is 0.938. The van der Waals surface area contributed by atoms with E-state index < -0.39 is 0 Å². The van der Waals surface area contributed by atoms with Crippen LogP contribution in [-0.4, -0.2) is 50.6 Å². The lowest BCUT2D eigenvalue weighted by molar-refractivity contribution is 0.210. The monoisotopic (exact) mass is 280 g/mol. The van der Waals surface area contributed by atoms with Gasteiger partial charge in [0.25, 0.3) is 0 Å². The maximum absolute atomic E-state index is 4.39. The summed E-state index contributed by atoms with van der Waals surface area (Å²) in [5.74, 6) is 2.66. The van der Waals surface area contributed by atoms with Crippen LogP contribution in [0.25, 0.3) is 0 Å². The van der Waals surface area contributed by atoms with Crippen molar-refractivity contribution in [3.63, 3.8) is 0 Å². The van der Waals surface area contributed by atoms with Crippen LogP contribution < -0.4 is 10.6 Å². The van der Waals surface area contributed by atoms with Crippen LogP contribution >= 0.6 is 0 Å². The first kappa shape index (κ1) is 15.6. The molecule has 0 aromatic rings. The van der Waals surface area contributed by atoms with Gasteiger partial charge in [-0.2, -0.15) is 0 Å². The fourth-order valence-electron chi connectivity index (χ4n) is 3.47. The summed E-state index contributed by atoms with van der Waals surface area (Å²) in [4.78, 5) is 6.82. The van der Waals surface area contributed by atoms with Crippen molar-refractivity contribution in [3.05, 3.63) is 0 Å². The second kappa shape index (κ2) is 7.87. The molecule has 0 bridgehead atoms. The lowest BCUT2D eigenvalue weighted by Crippen LogP contribution is -2.47. The smallest absolute Gasteiger partial charge is 0.191 e. The molecule has 20 heavy (non-hydrogen) atoms. The highest BCUT2D eigenvalue weighted by Gasteiger charge is 2.20. The van der Waals surface area contributed by atoms with Gasteiger partial charge in [0.05, 0.1) is 0 Å². The van der Waals surface area contributed by atoms with Crippen molar-refractivity contribution in [1.29, 1.82) is 0 Å². The van der Waals surface area contributed by atoms with Crippen molar-refractivity contribution in [3.8, 4) is 0 Å². The molecule has 2 rings (SSSR count). The highest BCUT2D eigenvalue weighted by Crippen LogP contribution is 2.23. The normalized spacial score (nSPS) is 33.0. The van der Waals surface area contributed by atoms with E-state index in [-0.39, 0.29) is 0 Å². The third-order valence-electron chi connectivity index (χ3n) is 4.86. The van der Waals surface area contributed by atoms with Gasteiger partial charge in [-0.05, 0) is 64.0 Å². The summed E-state index contributed by atoms with van der Waals surface area (Å²) < 4.78 is 0. The largest absolute Gasteiger partial charge is 0.356 e. The molecule has 1 aliphatic carbocycles. The summed E-state index contributed by atoms with van der Waals surface area (Å²) in [6.07, 6.45) is 7.94. The highest BCUT2D eigenvalue weighted by molar-refractivity contribution is 5.79. The van der Waals surface area contributed by atoms with Crippen molar-refractivity contribution < 1.29 is 0 Å². The Balaban J connectivity index is 1.69. The Kier molecular flexibility index (Phi) is 6.14. The minimum absolute atomic E-state index is 0.617. The van der Waals surface area contributed by atoms with E-state index in [9.17, 15) is 0 Å². The van der Waals surface area contributed by atoms with Gasteiger partial charge in [0.1, 0.15) is 0 Å². The van der Waals surface area contributed by atoms with Gasteiger partial charge in [0.15, 0.2) is 5.96 Å². The van der Waals surface area contributed by atoms with Crippen molar-refractivity contribution in [1.82, 2.24) is 15.5 Å². The topological polar surface area (TPSA) is 39.7 Å². The molecule has 1 atom stereocenters. The zero-order valence-corrected chi connectivity index (χ0v) is 13.5. The van der Waals surface area contributed by atoms with Gasteiger partial charge in [-0.1, -0.05) is 6.92 Å². The van der Waals surface area contributed by atoms with Crippen LogP contribution in [0.2, 0.25) is 0 Å². The fourth-order valence-corrected chi connectivity index (χ4v) is 3.47. The number of likely N-dealkylation sites (tertiary alicyclic amines) is 1. The van der Waals surface area contributed by atoms with E-state index >= 15 is 0 Å². The van der Waals surface area contributed by atoms with Crippen LogP contribution in [0.4, 0.5) is 0 Å². The molecule has 4 heteroatoms. The molecule has 1 saturated heterocycles. The second-order valence-electron chi connectivity index (χ2n) is 6.82. The van der Waals surface area contributed by atoms with Crippen LogP contribution in [0, 0.1) is 11.8 Å². The molecule has 4 nitrogen and oxygen atoms in total. The summed E-state index contributed by atoms with van der Waals surface area (Å²) in [5.41, 5.74) is 0. The van der Waals surface area contributed by atoms with Crippen LogP contribution in [0.1, 0.15) is 45.4 Å². The number of piperidine rings is 1. The number of aliphatic imine (C=N–C) groups is 1. The van der Waals surface area contributed by atoms with Gasteiger partial charge >= 0.3 is 0 Å². The molecule has 116 valence electrons. The number of hydrogen-bond donors (Lipinski definition) is 2. The second-order valence-corrected chi connectivity index (χ2v) is 6.82. The lowest BCUT2D eigenvalue weighted by Gasteiger charge is -2.31. The van der Waals surface area contributed by atoms with E-state index in [0.29, 0.717) is 6.04 Å². The molecule has 2 N–H and O–H groups in total. The van der Waals surface area contributed by atoms with Gasteiger partial charge in [-0.25, -0.2) is 0 Å². The van der Waals surface area contributed by atoms with Crippen LogP contribution in [0.15, 0.2) is 4.99 Å². The number of nitrogens with zero attached hydrogens (tertiary/aromatic N) is 2. The Morgan fingerprint density at radius 2 is 1.95 bits per heavy atom. The molecule has 0 spiro atoms. The molecule has 0 amide bonds. The standard InChI is InChI=1S/C16H32N4/c1-13-6-8-15(9-7-13)19-16(17-2)18-11-14-5-4-10-20(3)12-14/h13-15H,4-12H2,1-3H3,(H2,17,18,19). The maximum atomic E-state index is 4.39. The summed E-state index contributed by atoms with van der Waals surface area (Å²) in [6.45, 7) is 5.88. The predicted octanol–water partition coefficient (Wildman–Crippen LogP) is 2.07. The lowest BCUT2D eigenvalue weighted by atomic mass is 9.87. The van der Waals surface area contributed by atoms with Crippen LogP contribution in [-0.2, 0) is 0 Å². The summed E-state index contributed by atoms with van der Waals surface area (Å²) in [7, 11) is 4.11. The number of guanidine groups is 1. The zero-order valence-electron chi connectivity index (χ0n) is 13.5. The molecule has 0 radical (unpaired) electrons. The molecule has 1 unspecified atom stereocenters. The van der Waals surface area contributed by atoms with E-state index in [2.05, 4.69) is 34.5 Å². The molecular formula is C16H32N4. The molecule has 0 aromatic carbocycles. The van der Waals surface area contributed by atoms with Gasteiger partial charge in [-0.3, -0.25) is 4.99 Å². The van der Waals surface area contributed by atoms with Crippen LogP contribution in [0.5, 0.6) is 0 Å². The third kappa shape index (κ3) is 4.97. The summed E-state index contributed by atoms with van der Waals surface area (Å²) >= 11 is 0. The first-order valence-corrected chi connectivity index (χ1v) is 8.33. The molecule has 0 aromatic heterocycles. The maximum Gasteiger partial charge on any atom is 0.191 e. The summed E-state index contributed by atoms with van der Waals surface area (Å²) in [5, 5.41) is 7.13. The minimum Gasteiger partial charge on any atom is -0.356 e. The Morgan fingerprint density at radius 1 is 1.20 bits per heavy atom. The number of nitrogens with one attached hydrogen (secondary N) is 2. The quantitative estimate of drug-likeness (QED) is 0.614. The van der Waals surface area contributed by atoms with E-state index in [0.717, 1.165) is 24.3 Å². The summed E-state index contributed by atoms with van der Waals surface area (Å²) in [6, 6.07) is 0.617. The highest BCUT2D eigenvalue weighted by atomic mass is 15.2. The van der Waals surface area contributed by atoms with Gasteiger partial charge in [-0.15, -0.1) is 0 Å². The first-order valence-electron chi connectivity index (χ1n) is 8.33. The Hall–Kier alpha value is -0.770. The molecule has 2 fully saturated rings. The van der Waals surface area contributed by atoms with E-state index in [1.54, 1.807) is 0 Å². The first-order chi connectivity index (χ1) is 9.67. The Bertz CT molecular complexity index is 308.